The van der Waals surface area contributed by atoms with Gasteiger partial charge in [0.2, 0.25) is 0 Å². The standard InChI is InChI=1S/C18H17ClFN3O2/c1-10-22-15-6-7-16(25-3)12(17(15)23(10)2)9-21-18(24)11-4-5-13(19)14(20)8-11/h4-8H,9H2,1-3H3,(H,21,24). The van der Waals surface area contributed by atoms with Gasteiger partial charge in [-0.1, -0.05) is 11.6 Å². The Kier molecular flexibility index (Phi) is 4.63. The molecule has 0 fully saturated rings. The van der Waals surface area contributed by atoms with Crippen LogP contribution in [0.1, 0.15) is 21.7 Å². The third kappa shape index (κ3) is 3.17. The molecule has 25 heavy (non-hydrogen) atoms. The minimum Gasteiger partial charge on any atom is -0.496 e. The Morgan fingerprint density at radius 1 is 1.36 bits per heavy atom. The van der Waals surface area contributed by atoms with Crippen LogP contribution in [0.25, 0.3) is 11.0 Å². The van der Waals surface area contributed by atoms with E-state index in [1.54, 1.807) is 7.11 Å². The van der Waals surface area contributed by atoms with E-state index >= 15 is 0 Å². The molecule has 0 aliphatic carbocycles. The van der Waals surface area contributed by atoms with Crippen molar-refractivity contribution in [1.29, 1.82) is 0 Å². The number of hydrogen-bond donors (Lipinski definition) is 1. The Bertz CT molecular complexity index is 969. The number of aromatic nitrogens is 2. The number of carbonyl (C=O) groups is 1. The highest BCUT2D eigenvalue weighted by atomic mass is 35.5. The molecule has 3 rings (SSSR count). The number of nitrogens with zero attached hydrogens (tertiary/aromatic N) is 2. The summed E-state index contributed by atoms with van der Waals surface area (Å²) in [6.45, 7) is 2.13. The Labute approximate surface area is 149 Å². The number of aryl methyl sites for hydroxylation is 2. The van der Waals surface area contributed by atoms with Gasteiger partial charge in [0.05, 0.1) is 23.2 Å². The first kappa shape index (κ1) is 17.2. The van der Waals surface area contributed by atoms with E-state index in [-0.39, 0.29) is 17.1 Å². The van der Waals surface area contributed by atoms with Crippen LogP contribution in [0.3, 0.4) is 0 Å². The normalized spacial score (nSPS) is 10.9. The molecule has 1 N–H and O–H groups in total. The molecule has 1 aromatic heterocycles. The van der Waals surface area contributed by atoms with E-state index < -0.39 is 11.7 Å². The highest BCUT2D eigenvalue weighted by molar-refractivity contribution is 6.30. The molecule has 5 nitrogen and oxygen atoms in total. The largest absolute Gasteiger partial charge is 0.496 e. The van der Waals surface area contributed by atoms with E-state index in [2.05, 4.69) is 10.3 Å². The molecule has 2 aromatic carbocycles. The second-order valence-electron chi connectivity index (χ2n) is 5.64. The van der Waals surface area contributed by atoms with Gasteiger partial charge in [-0.15, -0.1) is 0 Å². The number of nitrogens with one attached hydrogen (secondary N) is 1. The smallest absolute Gasteiger partial charge is 0.251 e. The summed E-state index contributed by atoms with van der Waals surface area (Å²) >= 11 is 5.65. The summed E-state index contributed by atoms with van der Waals surface area (Å²) in [5.41, 5.74) is 2.72. The molecule has 130 valence electrons. The van der Waals surface area contributed by atoms with E-state index in [1.807, 2.05) is 30.7 Å². The minimum absolute atomic E-state index is 0.0200. The maximum absolute atomic E-state index is 13.5. The van der Waals surface area contributed by atoms with Crippen LogP contribution in [-0.4, -0.2) is 22.6 Å². The summed E-state index contributed by atoms with van der Waals surface area (Å²) in [4.78, 5) is 16.8. The van der Waals surface area contributed by atoms with Crippen LogP contribution in [0, 0.1) is 12.7 Å². The summed E-state index contributed by atoms with van der Waals surface area (Å²) in [6, 6.07) is 7.65. The van der Waals surface area contributed by atoms with Gasteiger partial charge in [-0.25, -0.2) is 9.37 Å². The predicted molar refractivity (Wildman–Crippen MR) is 94.6 cm³/mol. The second-order valence-corrected chi connectivity index (χ2v) is 6.05. The summed E-state index contributed by atoms with van der Waals surface area (Å²) in [6.07, 6.45) is 0. The fraction of sp³-hybridized carbons (Fsp3) is 0.222. The maximum Gasteiger partial charge on any atom is 0.251 e. The van der Waals surface area contributed by atoms with Gasteiger partial charge in [-0.2, -0.15) is 0 Å². The Hall–Kier alpha value is -2.60. The molecule has 7 heteroatoms. The lowest BCUT2D eigenvalue weighted by Crippen LogP contribution is -2.23. The zero-order valence-corrected chi connectivity index (χ0v) is 14.8. The van der Waals surface area contributed by atoms with Crippen LogP contribution in [0.15, 0.2) is 30.3 Å². The lowest BCUT2D eigenvalue weighted by molar-refractivity contribution is 0.0950. The van der Waals surface area contributed by atoms with Crippen LogP contribution >= 0.6 is 11.6 Å². The molecule has 0 saturated carbocycles. The van der Waals surface area contributed by atoms with Crippen LogP contribution in [0.4, 0.5) is 4.39 Å². The molecule has 0 aliphatic rings. The van der Waals surface area contributed by atoms with Gasteiger partial charge in [0.15, 0.2) is 0 Å². The van der Waals surface area contributed by atoms with Crippen molar-refractivity contribution in [2.75, 3.05) is 7.11 Å². The lowest BCUT2D eigenvalue weighted by atomic mass is 10.1. The number of hydrogen-bond acceptors (Lipinski definition) is 3. The number of halogens is 2. The summed E-state index contributed by atoms with van der Waals surface area (Å²) in [7, 11) is 3.48. The summed E-state index contributed by atoms with van der Waals surface area (Å²) in [5.74, 6) is 0.485. The molecule has 0 unspecified atom stereocenters. The number of methoxy groups -OCH3 is 1. The molecular weight excluding hydrogens is 345 g/mol. The van der Waals surface area contributed by atoms with Gasteiger partial charge < -0.3 is 14.6 Å². The average Bonchev–Trinajstić information content (AvgIpc) is 2.89. The van der Waals surface area contributed by atoms with E-state index in [0.717, 1.165) is 28.5 Å². The molecule has 0 radical (unpaired) electrons. The molecule has 1 heterocycles. The Balaban J connectivity index is 1.92. The number of fused-ring (bicyclic) bond motifs is 1. The van der Waals surface area contributed by atoms with Gasteiger partial charge >= 0.3 is 0 Å². The first-order chi connectivity index (χ1) is 11.9. The fourth-order valence-corrected chi connectivity index (χ4v) is 2.87. The quantitative estimate of drug-likeness (QED) is 0.772. The highest BCUT2D eigenvalue weighted by Crippen LogP contribution is 2.28. The van der Waals surface area contributed by atoms with Crippen molar-refractivity contribution in [1.82, 2.24) is 14.9 Å². The number of amides is 1. The van der Waals surface area contributed by atoms with Crippen molar-refractivity contribution in [3.63, 3.8) is 0 Å². The molecule has 0 saturated heterocycles. The molecular formula is C18H17ClFN3O2. The zero-order chi connectivity index (χ0) is 18.1. The van der Waals surface area contributed by atoms with Crippen LogP contribution < -0.4 is 10.1 Å². The van der Waals surface area contributed by atoms with Gasteiger partial charge in [0.25, 0.3) is 5.91 Å². The maximum atomic E-state index is 13.5. The van der Waals surface area contributed by atoms with Crippen LogP contribution in [0.5, 0.6) is 5.75 Å². The topological polar surface area (TPSA) is 56.1 Å². The third-order valence-corrected chi connectivity index (χ3v) is 4.46. The van der Waals surface area contributed by atoms with E-state index in [4.69, 9.17) is 16.3 Å². The number of ether oxygens (including phenoxy) is 1. The van der Waals surface area contributed by atoms with Crippen molar-refractivity contribution < 1.29 is 13.9 Å². The van der Waals surface area contributed by atoms with E-state index in [9.17, 15) is 9.18 Å². The average molecular weight is 362 g/mol. The van der Waals surface area contributed by atoms with Crippen molar-refractivity contribution in [3.05, 3.63) is 58.1 Å². The number of benzene rings is 2. The SMILES string of the molecule is COc1ccc2nc(C)n(C)c2c1CNC(=O)c1ccc(Cl)c(F)c1. The van der Waals surface area contributed by atoms with Crippen molar-refractivity contribution in [3.8, 4) is 5.75 Å². The number of rotatable bonds is 4. The molecule has 3 aromatic rings. The number of carbonyl (C=O) groups excluding carboxylic acids is 1. The first-order valence-corrected chi connectivity index (χ1v) is 8.02. The molecule has 0 atom stereocenters. The van der Waals surface area contributed by atoms with Crippen molar-refractivity contribution in [2.45, 2.75) is 13.5 Å². The third-order valence-electron chi connectivity index (χ3n) is 4.15. The fourth-order valence-electron chi connectivity index (χ4n) is 2.75. The van der Waals surface area contributed by atoms with Gasteiger partial charge in [0.1, 0.15) is 17.4 Å². The van der Waals surface area contributed by atoms with Gasteiger partial charge in [-0.05, 0) is 37.3 Å². The van der Waals surface area contributed by atoms with Crippen LogP contribution in [0.2, 0.25) is 5.02 Å². The van der Waals surface area contributed by atoms with Crippen molar-refractivity contribution in [2.24, 2.45) is 7.05 Å². The number of imidazole rings is 1. The predicted octanol–water partition coefficient (Wildman–Crippen LogP) is 3.61. The lowest BCUT2D eigenvalue weighted by Gasteiger charge is -2.12. The summed E-state index contributed by atoms with van der Waals surface area (Å²) < 4.78 is 20.9. The highest BCUT2D eigenvalue weighted by Gasteiger charge is 2.16. The molecule has 1 amide bonds. The second kappa shape index (κ2) is 6.72. The van der Waals surface area contributed by atoms with E-state index in [0.29, 0.717) is 5.75 Å². The van der Waals surface area contributed by atoms with Crippen molar-refractivity contribution >= 4 is 28.5 Å². The molecule has 0 bridgehead atoms. The first-order valence-electron chi connectivity index (χ1n) is 7.64. The van der Waals surface area contributed by atoms with Crippen LogP contribution in [-0.2, 0) is 13.6 Å². The Morgan fingerprint density at radius 2 is 2.12 bits per heavy atom. The van der Waals surface area contributed by atoms with Gasteiger partial charge in [0, 0.05) is 24.7 Å². The zero-order valence-electron chi connectivity index (χ0n) is 14.1. The Morgan fingerprint density at radius 3 is 2.80 bits per heavy atom. The molecule has 0 aliphatic heterocycles. The minimum atomic E-state index is -0.628. The molecule has 0 spiro atoms. The monoisotopic (exact) mass is 361 g/mol. The summed E-state index contributed by atoms with van der Waals surface area (Å²) in [5, 5.41) is 2.78. The van der Waals surface area contributed by atoms with E-state index in [1.165, 1.54) is 12.1 Å². The van der Waals surface area contributed by atoms with Gasteiger partial charge in [-0.3, -0.25) is 4.79 Å².